The third-order valence-electron chi connectivity index (χ3n) is 3.51. The highest BCUT2D eigenvalue weighted by molar-refractivity contribution is 7.89. The predicted octanol–water partition coefficient (Wildman–Crippen LogP) is 1.73. The standard InChI is InChI=1S/C14H22N2O3S2/c1-10-11(9-12(20-10)14(2,3)4)13(17)16-6-5-15-21(18,19)8-7-16/h9,15H,5-8H2,1-4H3. The fourth-order valence-corrected chi connectivity index (χ4v) is 4.26. The van der Waals surface area contributed by atoms with E-state index in [0.717, 1.165) is 4.88 Å². The lowest BCUT2D eigenvalue weighted by Gasteiger charge is -2.19. The van der Waals surface area contributed by atoms with Crippen molar-refractivity contribution in [2.45, 2.75) is 33.1 Å². The normalized spacial score (nSPS) is 19.3. The lowest BCUT2D eigenvalue weighted by molar-refractivity contribution is 0.0771. The zero-order valence-electron chi connectivity index (χ0n) is 12.9. The summed E-state index contributed by atoms with van der Waals surface area (Å²) in [6, 6.07) is 1.95. The van der Waals surface area contributed by atoms with Crippen molar-refractivity contribution in [2.75, 3.05) is 25.4 Å². The molecule has 1 aromatic heterocycles. The topological polar surface area (TPSA) is 66.5 Å². The average Bonchev–Trinajstić information content (AvgIpc) is 2.65. The van der Waals surface area contributed by atoms with Crippen molar-refractivity contribution in [3.8, 4) is 0 Å². The van der Waals surface area contributed by atoms with Gasteiger partial charge in [0.25, 0.3) is 5.91 Å². The second kappa shape index (κ2) is 5.70. The van der Waals surface area contributed by atoms with Crippen LogP contribution in [0, 0.1) is 6.92 Å². The Hall–Kier alpha value is -0.920. The van der Waals surface area contributed by atoms with E-state index in [1.54, 1.807) is 16.2 Å². The zero-order chi connectivity index (χ0) is 15.8. The van der Waals surface area contributed by atoms with E-state index >= 15 is 0 Å². The Morgan fingerprint density at radius 1 is 1.33 bits per heavy atom. The number of rotatable bonds is 1. The minimum absolute atomic E-state index is 0.0115. The maximum atomic E-state index is 12.6. The van der Waals surface area contributed by atoms with E-state index < -0.39 is 10.0 Å². The summed E-state index contributed by atoms with van der Waals surface area (Å²) in [4.78, 5) is 16.4. The van der Waals surface area contributed by atoms with E-state index in [0.29, 0.717) is 12.1 Å². The summed E-state index contributed by atoms with van der Waals surface area (Å²) in [6.45, 7) is 9.24. The Balaban J connectivity index is 2.22. The first-order chi connectivity index (χ1) is 9.60. The van der Waals surface area contributed by atoms with Gasteiger partial charge in [0.2, 0.25) is 10.0 Å². The van der Waals surface area contributed by atoms with Gasteiger partial charge in [-0.15, -0.1) is 11.3 Å². The molecule has 0 atom stereocenters. The summed E-state index contributed by atoms with van der Waals surface area (Å²) in [6.07, 6.45) is 0. The average molecular weight is 330 g/mol. The van der Waals surface area contributed by atoms with Gasteiger partial charge in [-0.25, -0.2) is 13.1 Å². The second-order valence-electron chi connectivity index (χ2n) is 6.34. The van der Waals surface area contributed by atoms with Crippen molar-refractivity contribution >= 4 is 27.3 Å². The van der Waals surface area contributed by atoms with Crippen LogP contribution in [-0.4, -0.2) is 44.6 Å². The van der Waals surface area contributed by atoms with Crippen LogP contribution < -0.4 is 4.72 Å². The van der Waals surface area contributed by atoms with E-state index in [1.165, 1.54) is 4.88 Å². The van der Waals surface area contributed by atoms with Crippen LogP contribution in [0.1, 0.15) is 40.9 Å². The van der Waals surface area contributed by atoms with Crippen LogP contribution in [0.5, 0.6) is 0 Å². The molecule has 1 aliphatic heterocycles. The van der Waals surface area contributed by atoms with Crippen molar-refractivity contribution in [2.24, 2.45) is 0 Å². The number of nitrogens with zero attached hydrogens (tertiary/aromatic N) is 1. The first kappa shape index (κ1) is 16.5. The van der Waals surface area contributed by atoms with E-state index in [4.69, 9.17) is 0 Å². The van der Waals surface area contributed by atoms with Gasteiger partial charge in [0, 0.05) is 29.4 Å². The van der Waals surface area contributed by atoms with Gasteiger partial charge in [0.15, 0.2) is 0 Å². The minimum atomic E-state index is -3.24. The molecule has 5 nitrogen and oxygen atoms in total. The highest BCUT2D eigenvalue weighted by Gasteiger charge is 2.26. The maximum absolute atomic E-state index is 12.6. The molecule has 1 aromatic rings. The van der Waals surface area contributed by atoms with Gasteiger partial charge in [-0.05, 0) is 18.4 Å². The third kappa shape index (κ3) is 3.84. The number of nitrogens with one attached hydrogen (secondary N) is 1. The lowest BCUT2D eigenvalue weighted by atomic mass is 9.94. The maximum Gasteiger partial charge on any atom is 0.255 e. The fraction of sp³-hybridized carbons (Fsp3) is 0.643. The van der Waals surface area contributed by atoms with E-state index in [9.17, 15) is 13.2 Å². The number of amides is 1. The number of carbonyl (C=O) groups excluding carboxylic acids is 1. The first-order valence-electron chi connectivity index (χ1n) is 6.98. The molecule has 0 aromatic carbocycles. The number of hydrogen-bond donors (Lipinski definition) is 1. The molecule has 0 bridgehead atoms. The molecular formula is C14H22N2O3S2. The Morgan fingerprint density at radius 3 is 2.57 bits per heavy atom. The molecule has 1 saturated heterocycles. The molecule has 0 aliphatic carbocycles. The van der Waals surface area contributed by atoms with Crippen molar-refractivity contribution in [3.63, 3.8) is 0 Å². The molecule has 21 heavy (non-hydrogen) atoms. The zero-order valence-corrected chi connectivity index (χ0v) is 14.5. The summed E-state index contributed by atoms with van der Waals surface area (Å²) < 4.78 is 25.5. The molecule has 0 saturated carbocycles. The molecule has 1 aliphatic rings. The summed E-state index contributed by atoms with van der Waals surface area (Å²) in [5.74, 6) is -0.105. The summed E-state index contributed by atoms with van der Waals surface area (Å²) >= 11 is 1.64. The van der Waals surface area contributed by atoms with Gasteiger partial charge in [-0.2, -0.15) is 0 Å². The number of hydrogen-bond acceptors (Lipinski definition) is 4. The summed E-state index contributed by atoms with van der Waals surface area (Å²) in [5, 5.41) is 0. The van der Waals surface area contributed by atoms with Gasteiger partial charge in [-0.1, -0.05) is 20.8 Å². The number of sulfonamides is 1. The Kier molecular flexibility index (Phi) is 4.46. The van der Waals surface area contributed by atoms with E-state index in [-0.39, 0.29) is 30.2 Å². The molecule has 118 valence electrons. The Labute approximate surface area is 130 Å². The highest BCUT2D eigenvalue weighted by atomic mass is 32.2. The van der Waals surface area contributed by atoms with Crippen molar-refractivity contribution < 1.29 is 13.2 Å². The molecule has 1 fully saturated rings. The number of aryl methyl sites for hydroxylation is 1. The third-order valence-corrected chi connectivity index (χ3v) is 6.35. The minimum Gasteiger partial charge on any atom is -0.336 e. The SMILES string of the molecule is Cc1sc(C(C)(C)C)cc1C(=O)N1CCNS(=O)(=O)CC1. The van der Waals surface area contributed by atoms with Crippen LogP contribution >= 0.6 is 11.3 Å². The van der Waals surface area contributed by atoms with Crippen molar-refractivity contribution in [3.05, 3.63) is 21.4 Å². The molecule has 7 heteroatoms. The van der Waals surface area contributed by atoms with Crippen LogP contribution in [0.25, 0.3) is 0 Å². The first-order valence-corrected chi connectivity index (χ1v) is 9.44. The highest BCUT2D eigenvalue weighted by Crippen LogP contribution is 2.32. The number of thiophene rings is 1. The molecule has 0 unspecified atom stereocenters. The van der Waals surface area contributed by atoms with Gasteiger partial charge in [0.05, 0.1) is 11.3 Å². The molecule has 2 heterocycles. The largest absolute Gasteiger partial charge is 0.336 e. The molecule has 1 N–H and O–H groups in total. The molecule has 2 rings (SSSR count). The van der Waals surface area contributed by atoms with Gasteiger partial charge in [-0.3, -0.25) is 4.79 Å². The van der Waals surface area contributed by atoms with E-state index in [2.05, 4.69) is 25.5 Å². The molecular weight excluding hydrogens is 308 g/mol. The second-order valence-corrected chi connectivity index (χ2v) is 9.52. The van der Waals surface area contributed by atoms with Crippen LogP contribution in [0.3, 0.4) is 0 Å². The van der Waals surface area contributed by atoms with Crippen LogP contribution in [0.15, 0.2) is 6.07 Å². The van der Waals surface area contributed by atoms with E-state index in [1.807, 2.05) is 13.0 Å². The quantitative estimate of drug-likeness (QED) is 0.853. The van der Waals surface area contributed by atoms with Gasteiger partial charge >= 0.3 is 0 Å². The summed E-state index contributed by atoms with van der Waals surface area (Å²) in [5.41, 5.74) is 0.710. The predicted molar refractivity (Wildman–Crippen MR) is 85.4 cm³/mol. The lowest BCUT2D eigenvalue weighted by Crippen LogP contribution is -2.35. The Bertz CT molecular complexity index is 642. The summed E-state index contributed by atoms with van der Waals surface area (Å²) in [7, 11) is -3.24. The Morgan fingerprint density at radius 2 is 2.00 bits per heavy atom. The van der Waals surface area contributed by atoms with Crippen LogP contribution in [0.4, 0.5) is 0 Å². The van der Waals surface area contributed by atoms with Crippen molar-refractivity contribution in [1.82, 2.24) is 9.62 Å². The van der Waals surface area contributed by atoms with Crippen LogP contribution in [0.2, 0.25) is 0 Å². The van der Waals surface area contributed by atoms with Crippen LogP contribution in [-0.2, 0) is 15.4 Å². The number of carbonyl (C=O) groups is 1. The smallest absolute Gasteiger partial charge is 0.255 e. The monoisotopic (exact) mass is 330 g/mol. The fourth-order valence-electron chi connectivity index (χ4n) is 2.19. The molecule has 1 amide bonds. The molecule has 0 radical (unpaired) electrons. The molecule has 0 spiro atoms. The van der Waals surface area contributed by atoms with Crippen molar-refractivity contribution in [1.29, 1.82) is 0 Å². The van der Waals surface area contributed by atoms with Gasteiger partial charge in [0.1, 0.15) is 0 Å². The van der Waals surface area contributed by atoms with Gasteiger partial charge < -0.3 is 4.90 Å².